The first-order valence-corrected chi connectivity index (χ1v) is 7.64. The van der Waals surface area contributed by atoms with Crippen LogP contribution >= 0.6 is 12.4 Å². The molecule has 0 bridgehead atoms. The number of piperidine rings is 1. The van der Waals surface area contributed by atoms with Crippen LogP contribution in [-0.4, -0.2) is 46.3 Å². The highest BCUT2D eigenvalue weighted by Gasteiger charge is 2.21. The topological polar surface area (TPSA) is 94.0 Å². The SMILES string of the molecule is COc1ccc(NC(=O)C2CCNCC2)cc1-n1nnnc1C.Cl. The molecule has 1 fully saturated rings. The normalized spacial score (nSPS) is 14.8. The van der Waals surface area contributed by atoms with Gasteiger partial charge in [0.1, 0.15) is 11.4 Å². The number of halogens is 1. The van der Waals surface area contributed by atoms with Gasteiger partial charge in [0, 0.05) is 11.6 Å². The Bertz CT molecular complexity index is 699. The second-order valence-corrected chi connectivity index (χ2v) is 5.54. The van der Waals surface area contributed by atoms with Crippen LogP contribution in [0.5, 0.6) is 5.75 Å². The molecule has 8 nitrogen and oxygen atoms in total. The third-order valence-corrected chi connectivity index (χ3v) is 4.01. The average Bonchev–Trinajstić information content (AvgIpc) is 3.01. The van der Waals surface area contributed by atoms with Gasteiger partial charge in [-0.3, -0.25) is 4.79 Å². The molecule has 1 aromatic carbocycles. The summed E-state index contributed by atoms with van der Waals surface area (Å²) in [6.45, 7) is 3.57. The molecule has 24 heavy (non-hydrogen) atoms. The molecule has 0 spiro atoms. The number of carbonyl (C=O) groups excluding carboxylic acids is 1. The Kier molecular flexibility index (Phi) is 6.10. The van der Waals surface area contributed by atoms with Gasteiger partial charge in [0.05, 0.1) is 7.11 Å². The number of aryl methyl sites for hydroxylation is 1. The molecule has 2 aromatic rings. The number of hydrogen-bond acceptors (Lipinski definition) is 6. The van der Waals surface area contributed by atoms with Crippen LogP contribution in [0.15, 0.2) is 18.2 Å². The fraction of sp³-hybridized carbons (Fsp3) is 0.467. The van der Waals surface area contributed by atoms with Crippen molar-refractivity contribution in [3.05, 3.63) is 24.0 Å². The molecule has 3 rings (SSSR count). The second kappa shape index (κ2) is 8.07. The molecule has 1 amide bonds. The zero-order valence-corrected chi connectivity index (χ0v) is 14.5. The quantitative estimate of drug-likeness (QED) is 0.862. The van der Waals surface area contributed by atoms with E-state index >= 15 is 0 Å². The maximum absolute atomic E-state index is 12.4. The molecule has 2 N–H and O–H groups in total. The van der Waals surface area contributed by atoms with Crippen LogP contribution < -0.4 is 15.4 Å². The fourth-order valence-corrected chi connectivity index (χ4v) is 2.72. The van der Waals surface area contributed by atoms with Gasteiger partial charge in [-0.15, -0.1) is 17.5 Å². The molecule has 1 aliphatic heterocycles. The number of carbonyl (C=O) groups is 1. The lowest BCUT2D eigenvalue weighted by Crippen LogP contribution is -2.34. The Morgan fingerprint density at radius 1 is 1.38 bits per heavy atom. The Balaban J connectivity index is 0.00000208. The number of methoxy groups -OCH3 is 1. The Hall–Kier alpha value is -2.19. The van der Waals surface area contributed by atoms with Crippen molar-refractivity contribution in [2.24, 2.45) is 5.92 Å². The third-order valence-electron chi connectivity index (χ3n) is 4.01. The summed E-state index contributed by atoms with van der Waals surface area (Å²) in [5.41, 5.74) is 1.40. The maximum atomic E-state index is 12.4. The van der Waals surface area contributed by atoms with E-state index in [1.807, 2.05) is 12.1 Å². The molecule has 0 unspecified atom stereocenters. The highest BCUT2D eigenvalue weighted by Crippen LogP contribution is 2.27. The summed E-state index contributed by atoms with van der Waals surface area (Å²) in [5.74, 6) is 1.39. The zero-order chi connectivity index (χ0) is 16.2. The molecular weight excluding hydrogens is 332 g/mol. The number of amides is 1. The second-order valence-electron chi connectivity index (χ2n) is 5.54. The number of nitrogens with zero attached hydrogens (tertiary/aromatic N) is 4. The summed E-state index contributed by atoms with van der Waals surface area (Å²) in [6, 6.07) is 5.44. The van der Waals surface area contributed by atoms with E-state index in [-0.39, 0.29) is 24.2 Å². The predicted molar refractivity (Wildman–Crippen MR) is 91.9 cm³/mol. The van der Waals surface area contributed by atoms with E-state index in [1.54, 1.807) is 24.8 Å². The van der Waals surface area contributed by atoms with E-state index in [9.17, 15) is 4.79 Å². The molecule has 0 radical (unpaired) electrons. The van der Waals surface area contributed by atoms with Crippen molar-refractivity contribution >= 4 is 24.0 Å². The summed E-state index contributed by atoms with van der Waals surface area (Å²) in [5, 5.41) is 17.7. The Labute approximate surface area is 146 Å². The molecule has 9 heteroatoms. The minimum atomic E-state index is 0. The van der Waals surface area contributed by atoms with Crippen molar-refractivity contribution in [2.45, 2.75) is 19.8 Å². The minimum absolute atomic E-state index is 0. The summed E-state index contributed by atoms with van der Waals surface area (Å²) < 4.78 is 6.95. The summed E-state index contributed by atoms with van der Waals surface area (Å²) in [4.78, 5) is 12.4. The summed E-state index contributed by atoms with van der Waals surface area (Å²) in [6.07, 6.45) is 1.72. The number of ether oxygens (including phenoxy) is 1. The van der Waals surface area contributed by atoms with Gasteiger partial charge in [0.25, 0.3) is 0 Å². The number of benzene rings is 1. The molecule has 1 aliphatic rings. The number of hydrogen-bond donors (Lipinski definition) is 2. The van der Waals surface area contributed by atoms with Crippen molar-refractivity contribution in [2.75, 3.05) is 25.5 Å². The molecule has 1 saturated heterocycles. The van der Waals surface area contributed by atoms with Gasteiger partial charge < -0.3 is 15.4 Å². The van der Waals surface area contributed by atoms with Crippen LogP contribution in [0, 0.1) is 12.8 Å². The largest absolute Gasteiger partial charge is 0.494 e. The van der Waals surface area contributed by atoms with Gasteiger partial charge in [-0.1, -0.05) is 0 Å². The monoisotopic (exact) mass is 352 g/mol. The summed E-state index contributed by atoms with van der Waals surface area (Å²) in [7, 11) is 1.59. The van der Waals surface area contributed by atoms with Crippen molar-refractivity contribution < 1.29 is 9.53 Å². The molecule has 0 saturated carbocycles. The lowest BCUT2D eigenvalue weighted by molar-refractivity contribution is -0.120. The minimum Gasteiger partial charge on any atom is -0.494 e. The van der Waals surface area contributed by atoms with Crippen LogP contribution in [0.1, 0.15) is 18.7 Å². The molecule has 0 atom stereocenters. The van der Waals surface area contributed by atoms with E-state index in [0.717, 1.165) is 25.9 Å². The van der Waals surface area contributed by atoms with E-state index in [1.165, 1.54) is 0 Å². The van der Waals surface area contributed by atoms with E-state index < -0.39 is 0 Å². The number of anilines is 1. The van der Waals surface area contributed by atoms with Gasteiger partial charge in [-0.25, -0.2) is 0 Å². The van der Waals surface area contributed by atoms with Gasteiger partial charge >= 0.3 is 0 Å². The number of tetrazole rings is 1. The average molecular weight is 353 g/mol. The first-order chi connectivity index (χ1) is 11.2. The van der Waals surface area contributed by atoms with Crippen LogP contribution in [-0.2, 0) is 4.79 Å². The smallest absolute Gasteiger partial charge is 0.227 e. The van der Waals surface area contributed by atoms with E-state index in [4.69, 9.17) is 4.74 Å². The standard InChI is InChI=1S/C15H20N6O2.ClH/c1-10-18-19-20-21(10)13-9-12(3-4-14(13)23-2)17-15(22)11-5-7-16-8-6-11;/h3-4,9,11,16H,5-8H2,1-2H3,(H,17,22);1H. The number of nitrogens with one attached hydrogen (secondary N) is 2. The highest BCUT2D eigenvalue weighted by atomic mass is 35.5. The van der Waals surface area contributed by atoms with Crippen molar-refractivity contribution in [1.82, 2.24) is 25.5 Å². The molecule has 2 heterocycles. The van der Waals surface area contributed by atoms with Crippen molar-refractivity contribution in [1.29, 1.82) is 0 Å². The van der Waals surface area contributed by atoms with Gasteiger partial charge in [0.2, 0.25) is 5.91 Å². The first-order valence-electron chi connectivity index (χ1n) is 7.64. The van der Waals surface area contributed by atoms with Crippen LogP contribution in [0.4, 0.5) is 5.69 Å². The number of aromatic nitrogens is 4. The van der Waals surface area contributed by atoms with Gasteiger partial charge in [-0.05, 0) is 61.5 Å². The van der Waals surface area contributed by atoms with Crippen LogP contribution in [0.25, 0.3) is 5.69 Å². The van der Waals surface area contributed by atoms with Gasteiger partial charge in [-0.2, -0.15) is 4.68 Å². The first kappa shape index (κ1) is 18.2. The van der Waals surface area contributed by atoms with Crippen molar-refractivity contribution in [3.8, 4) is 11.4 Å². The van der Waals surface area contributed by atoms with E-state index in [2.05, 4.69) is 26.2 Å². The third kappa shape index (κ3) is 3.82. The number of rotatable bonds is 4. The Morgan fingerprint density at radius 2 is 2.12 bits per heavy atom. The van der Waals surface area contributed by atoms with E-state index in [0.29, 0.717) is 22.9 Å². The lowest BCUT2D eigenvalue weighted by Gasteiger charge is -2.22. The maximum Gasteiger partial charge on any atom is 0.227 e. The highest BCUT2D eigenvalue weighted by molar-refractivity contribution is 5.93. The molecule has 0 aliphatic carbocycles. The van der Waals surface area contributed by atoms with Gasteiger partial charge in [0.15, 0.2) is 5.82 Å². The molecular formula is C15H21ClN6O2. The fourth-order valence-electron chi connectivity index (χ4n) is 2.72. The lowest BCUT2D eigenvalue weighted by atomic mass is 9.97. The van der Waals surface area contributed by atoms with Crippen LogP contribution in [0.2, 0.25) is 0 Å². The predicted octanol–water partition coefficient (Wildman–Crippen LogP) is 1.34. The Morgan fingerprint density at radius 3 is 2.75 bits per heavy atom. The van der Waals surface area contributed by atoms with Crippen molar-refractivity contribution in [3.63, 3.8) is 0 Å². The zero-order valence-electron chi connectivity index (χ0n) is 13.7. The summed E-state index contributed by atoms with van der Waals surface area (Å²) >= 11 is 0. The molecule has 130 valence electrons. The van der Waals surface area contributed by atoms with Crippen LogP contribution in [0.3, 0.4) is 0 Å². The molecule has 1 aromatic heterocycles.